The fourth-order valence-electron chi connectivity index (χ4n) is 2.52. The van der Waals surface area contributed by atoms with Crippen LogP contribution in [0.2, 0.25) is 0 Å². The number of carbonyl (C=O) groups is 1. The average Bonchev–Trinajstić information content (AvgIpc) is 3.17. The van der Waals surface area contributed by atoms with Gasteiger partial charge in [-0.1, -0.05) is 34.6 Å². The summed E-state index contributed by atoms with van der Waals surface area (Å²) < 4.78 is 17.7. The topological polar surface area (TPSA) is 75.5 Å². The molecule has 0 atom stereocenters. The molecule has 1 aliphatic heterocycles. The first-order valence-electron chi connectivity index (χ1n) is 8.76. The Bertz CT molecular complexity index is 806. The number of benzene rings is 1. The molecule has 1 aromatic carbocycles. The van der Waals surface area contributed by atoms with E-state index in [4.69, 9.17) is 14.2 Å². The summed E-state index contributed by atoms with van der Waals surface area (Å²) in [4.78, 5) is 17.2. The predicted molar refractivity (Wildman–Crippen MR) is 96.6 cm³/mol. The van der Waals surface area contributed by atoms with E-state index in [0.29, 0.717) is 36.3 Å². The SMILES string of the molecule is CC(C)COc1nc(-c2ccc3c(c2)OCO3)n(C(=O)CC(C)(C)C)n1. The average molecular weight is 359 g/mol. The second kappa shape index (κ2) is 6.97. The number of ether oxygens (including phenoxy) is 3. The van der Waals surface area contributed by atoms with E-state index in [0.717, 1.165) is 5.56 Å². The van der Waals surface area contributed by atoms with Crippen molar-refractivity contribution >= 4 is 5.91 Å². The van der Waals surface area contributed by atoms with Crippen molar-refractivity contribution in [1.82, 2.24) is 14.8 Å². The Labute approximate surface area is 153 Å². The van der Waals surface area contributed by atoms with Crippen LogP contribution < -0.4 is 14.2 Å². The third-order valence-corrected chi connectivity index (χ3v) is 3.68. The zero-order valence-electron chi connectivity index (χ0n) is 15.9. The van der Waals surface area contributed by atoms with Crippen LogP contribution in [-0.4, -0.2) is 34.1 Å². The van der Waals surface area contributed by atoms with Gasteiger partial charge in [0.2, 0.25) is 12.7 Å². The lowest BCUT2D eigenvalue weighted by atomic mass is 9.92. The highest BCUT2D eigenvalue weighted by Gasteiger charge is 2.24. The highest BCUT2D eigenvalue weighted by atomic mass is 16.7. The van der Waals surface area contributed by atoms with Crippen molar-refractivity contribution in [2.24, 2.45) is 11.3 Å². The molecule has 0 radical (unpaired) electrons. The van der Waals surface area contributed by atoms with Crippen molar-refractivity contribution in [2.75, 3.05) is 13.4 Å². The number of aromatic nitrogens is 3. The summed E-state index contributed by atoms with van der Waals surface area (Å²) in [6.45, 7) is 10.8. The summed E-state index contributed by atoms with van der Waals surface area (Å²) in [5.41, 5.74) is 0.567. The lowest BCUT2D eigenvalue weighted by Gasteiger charge is -2.16. The lowest BCUT2D eigenvalue weighted by molar-refractivity contribution is 0.0839. The van der Waals surface area contributed by atoms with Gasteiger partial charge in [0.25, 0.3) is 0 Å². The van der Waals surface area contributed by atoms with Crippen molar-refractivity contribution in [2.45, 2.75) is 41.0 Å². The van der Waals surface area contributed by atoms with Gasteiger partial charge in [-0.3, -0.25) is 4.79 Å². The normalized spacial score (nSPS) is 13.3. The van der Waals surface area contributed by atoms with E-state index < -0.39 is 0 Å². The van der Waals surface area contributed by atoms with Gasteiger partial charge in [-0.25, -0.2) is 0 Å². The standard InChI is InChI=1S/C19H25N3O4/c1-12(2)10-24-18-20-17(22(21-18)16(23)9-19(3,4)5)13-6-7-14-15(8-13)26-11-25-14/h6-8,12H,9-11H2,1-5H3. The first kappa shape index (κ1) is 18.2. The molecule has 7 heteroatoms. The molecule has 0 N–H and O–H groups in total. The van der Waals surface area contributed by atoms with E-state index in [1.165, 1.54) is 4.68 Å². The molecular weight excluding hydrogens is 334 g/mol. The first-order chi connectivity index (χ1) is 12.2. The molecule has 0 fully saturated rings. The Morgan fingerprint density at radius 3 is 2.69 bits per heavy atom. The predicted octanol–water partition coefficient (Wildman–Crippen LogP) is 3.79. The molecule has 0 saturated heterocycles. The number of rotatable bonds is 5. The monoisotopic (exact) mass is 359 g/mol. The highest BCUT2D eigenvalue weighted by molar-refractivity contribution is 5.83. The van der Waals surface area contributed by atoms with Gasteiger partial charge in [-0.2, -0.15) is 9.67 Å². The van der Waals surface area contributed by atoms with Gasteiger partial charge >= 0.3 is 6.01 Å². The van der Waals surface area contributed by atoms with E-state index >= 15 is 0 Å². The molecule has 2 heterocycles. The molecule has 0 amide bonds. The summed E-state index contributed by atoms with van der Waals surface area (Å²) in [7, 11) is 0. The minimum atomic E-state index is -0.159. The van der Waals surface area contributed by atoms with Gasteiger partial charge in [0.15, 0.2) is 17.3 Å². The highest BCUT2D eigenvalue weighted by Crippen LogP contribution is 2.36. The van der Waals surface area contributed by atoms with Gasteiger partial charge < -0.3 is 14.2 Å². The summed E-state index contributed by atoms with van der Waals surface area (Å²) >= 11 is 0. The maximum absolute atomic E-state index is 12.8. The largest absolute Gasteiger partial charge is 0.462 e. The zero-order valence-corrected chi connectivity index (χ0v) is 15.9. The molecule has 0 saturated carbocycles. The van der Waals surface area contributed by atoms with Gasteiger partial charge in [0.1, 0.15) is 0 Å². The lowest BCUT2D eigenvalue weighted by Crippen LogP contribution is -2.21. The fraction of sp³-hybridized carbons (Fsp3) is 0.526. The number of hydrogen-bond acceptors (Lipinski definition) is 6. The number of nitrogens with zero attached hydrogens (tertiary/aromatic N) is 3. The summed E-state index contributed by atoms with van der Waals surface area (Å²) in [6, 6.07) is 5.65. The quantitative estimate of drug-likeness (QED) is 0.808. The second-order valence-corrected chi connectivity index (χ2v) is 8.03. The van der Waals surface area contributed by atoms with Crippen molar-refractivity contribution in [3.63, 3.8) is 0 Å². The Morgan fingerprint density at radius 2 is 2.00 bits per heavy atom. The molecule has 3 rings (SSSR count). The summed E-state index contributed by atoms with van der Waals surface area (Å²) in [5, 5.41) is 4.30. The molecule has 7 nitrogen and oxygen atoms in total. The van der Waals surface area contributed by atoms with Crippen LogP contribution in [0, 0.1) is 11.3 Å². The molecule has 0 unspecified atom stereocenters. The van der Waals surface area contributed by atoms with Gasteiger partial charge in [0.05, 0.1) is 6.61 Å². The van der Waals surface area contributed by atoms with Crippen molar-refractivity contribution in [3.8, 4) is 28.9 Å². The second-order valence-electron chi connectivity index (χ2n) is 8.03. The summed E-state index contributed by atoms with van der Waals surface area (Å²) in [5.74, 6) is 1.96. The van der Waals surface area contributed by atoms with Gasteiger partial charge in [-0.15, -0.1) is 5.10 Å². The molecule has 26 heavy (non-hydrogen) atoms. The van der Waals surface area contributed by atoms with Crippen LogP contribution in [0.4, 0.5) is 0 Å². The molecule has 1 aromatic heterocycles. The smallest absolute Gasteiger partial charge is 0.336 e. The minimum Gasteiger partial charge on any atom is -0.462 e. The van der Waals surface area contributed by atoms with Crippen LogP contribution in [0.5, 0.6) is 17.5 Å². The molecular formula is C19H25N3O4. The Kier molecular flexibility index (Phi) is 4.89. The molecule has 1 aliphatic rings. The fourth-order valence-corrected chi connectivity index (χ4v) is 2.52. The Morgan fingerprint density at radius 1 is 1.27 bits per heavy atom. The molecule has 2 aromatic rings. The number of hydrogen-bond donors (Lipinski definition) is 0. The Balaban J connectivity index is 1.97. The van der Waals surface area contributed by atoms with Crippen molar-refractivity contribution in [1.29, 1.82) is 0 Å². The van der Waals surface area contributed by atoms with Gasteiger partial charge in [-0.05, 0) is 29.5 Å². The zero-order chi connectivity index (χ0) is 18.9. The van der Waals surface area contributed by atoms with Crippen molar-refractivity contribution in [3.05, 3.63) is 18.2 Å². The summed E-state index contributed by atoms with van der Waals surface area (Å²) in [6.07, 6.45) is 0.345. The van der Waals surface area contributed by atoms with Crippen molar-refractivity contribution < 1.29 is 19.0 Å². The van der Waals surface area contributed by atoms with E-state index in [2.05, 4.69) is 10.1 Å². The first-order valence-corrected chi connectivity index (χ1v) is 8.76. The maximum atomic E-state index is 12.8. The third kappa shape index (κ3) is 4.15. The van der Waals surface area contributed by atoms with Gasteiger partial charge in [0, 0.05) is 12.0 Å². The molecule has 0 spiro atoms. The van der Waals surface area contributed by atoms with E-state index in [1.54, 1.807) is 12.1 Å². The van der Waals surface area contributed by atoms with Crippen LogP contribution in [0.3, 0.4) is 0 Å². The van der Waals surface area contributed by atoms with Crippen LogP contribution in [-0.2, 0) is 0 Å². The van der Waals surface area contributed by atoms with E-state index in [1.807, 2.05) is 40.7 Å². The number of fused-ring (bicyclic) bond motifs is 1. The van der Waals surface area contributed by atoms with Crippen LogP contribution in [0.25, 0.3) is 11.4 Å². The van der Waals surface area contributed by atoms with Crippen LogP contribution >= 0.6 is 0 Å². The van der Waals surface area contributed by atoms with Crippen LogP contribution in [0.1, 0.15) is 45.8 Å². The van der Waals surface area contributed by atoms with E-state index in [9.17, 15) is 4.79 Å². The Hall–Kier alpha value is -2.57. The molecule has 0 bridgehead atoms. The van der Waals surface area contributed by atoms with E-state index in [-0.39, 0.29) is 24.1 Å². The molecule has 0 aliphatic carbocycles. The van der Waals surface area contributed by atoms with Crippen LogP contribution in [0.15, 0.2) is 18.2 Å². The molecule has 140 valence electrons. The minimum absolute atomic E-state index is 0.128. The third-order valence-electron chi connectivity index (χ3n) is 3.68. The maximum Gasteiger partial charge on any atom is 0.336 e. The number of carbonyl (C=O) groups excluding carboxylic acids is 1.